The summed E-state index contributed by atoms with van der Waals surface area (Å²) in [6, 6.07) is 0. The molecule has 0 fully saturated rings. The maximum absolute atomic E-state index is 5.47. The average Bonchev–Trinajstić information content (AvgIpc) is 2.60. The molecule has 92 valence electrons. The molecule has 0 radical (unpaired) electrons. The Balaban J connectivity index is 3.14. The van der Waals surface area contributed by atoms with Gasteiger partial charge in [-0.2, -0.15) is 0 Å². The van der Waals surface area contributed by atoms with Gasteiger partial charge >= 0.3 is 0 Å². The molecule has 0 saturated carbocycles. The molecule has 1 aromatic heterocycles. The van der Waals surface area contributed by atoms with Gasteiger partial charge in [-0.1, -0.05) is 29.8 Å². The highest BCUT2D eigenvalue weighted by Crippen LogP contribution is 2.24. The van der Waals surface area contributed by atoms with Gasteiger partial charge < -0.3 is 9.30 Å². The van der Waals surface area contributed by atoms with E-state index in [0.29, 0.717) is 11.2 Å². The van der Waals surface area contributed by atoms with Gasteiger partial charge in [-0.25, -0.2) is 0 Å². The molecular weight excluding hydrogens is 270 g/mol. The quantitative estimate of drug-likeness (QED) is 0.783. The largest absolute Gasteiger partial charge is 0.371 e. The van der Waals surface area contributed by atoms with Crippen LogP contribution in [0.25, 0.3) is 0 Å². The number of nitrogens with zero attached hydrogens (tertiary/aromatic N) is 3. The summed E-state index contributed by atoms with van der Waals surface area (Å²) >= 11 is 3.44. The summed E-state index contributed by atoms with van der Waals surface area (Å²) in [5, 5.41) is 9.14. The Morgan fingerprint density at radius 2 is 2.00 bits per heavy atom. The topological polar surface area (TPSA) is 39.9 Å². The van der Waals surface area contributed by atoms with Crippen molar-refractivity contribution >= 4 is 15.9 Å². The van der Waals surface area contributed by atoms with Crippen molar-refractivity contribution in [1.29, 1.82) is 0 Å². The van der Waals surface area contributed by atoms with E-state index in [1.165, 1.54) is 0 Å². The molecule has 1 aromatic rings. The van der Waals surface area contributed by atoms with Crippen LogP contribution in [0.5, 0.6) is 0 Å². The summed E-state index contributed by atoms with van der Waals surface area (Å²) in [7, 11) is 1.70. The number of aromatic nitrogens is 3. The summed E-state index contributed by atoms with van der Waals surface area (Å²) in [4.78, 5) is 0. The lowest BCUT2D eigenvalue weighted by Gasteiger charge is -2.23. The molecule has 4 nitrogen and oxygen atoms in total. The summed E-state index contributed by atoms with van der Waals surface area (Å²) in [5.41, 5.74) is -0.400. The molecule has 5 heteroatoms. The minimum Gasteiger partial charge on any atom is -0.371 e. The first-order chi connectivity index (χ1) is 7.42. The second kappa shape index (κ2) is 5.27. The molecule has 0 N–H and O–H groups in total. The van der Waals surface area contributed by atoms with Crippen LogP contribution in [0.2, 0.25) is 0 Å². The zero-order chi connectivity index (χ0) is 12.3. The third-order valence-electron chi connectivity index (χ3n) is 2.54. The van der Waals surface area contributed by atoms with Gasteiger partial charge in [0.05, 0.1) is 5.33 Å². The first-order valence-corrected chi connectivity index (χ1v) is 6.58. The van der Waals surface area contributed by atoms with Gasteiger partial charge in [0.15, 0.2) is 5.82 Å². The second-order valence-corrected chi connectivity index (χ2v) is 5.35. The van der Waals surface area contributed by atoms with Gasteiger partial charge in [0.2, 0.25) is 0 Å². The Hall–Kier alpha value is -0.420. The molecule has 0 aromatic carbocycles. The SMILES string of the molecule is COC(C)(C)c1nnc(CBr)n1CC(C)C. The molecule has 0 bridgehead atoms. The lowest BCUT2D eigenvalue weighted by molar-refractivity contribution is 0.00768. The number of ether oxygens (including phenoxy) is 1. The fourth-order valence-electron chi connectivity index (χ4n) is 1.53. The molecule has 0 saturated heterocycles. The van der Waals surface area contributed by atoms with E-state index in [2.05, 4.69) is 44.5 Å². The van der Waals surface area contributed by atoms with E-state index >= 15 is 0 Å². The van der Waals surface area contributed by atoms with Crippen molar-refractivity contribution in [2.45, 2.75) is 45.2 Å². The molecule has 0 amide bonds. The summed E-state index contributed by atoms with van der Waals surface area (Å²) in [6.07, 6.45) is 0. The second-order valence-electron chi connectivity index (χ2n) is 4.79. The summed E-state index contributed by atoms with van der Waals surface area (Å²) in [6.45, 7) is 9.29. The predicted molar refractivity (Wildman–Crippen MR) is 67.5 cm³/mol. The van der Waals surface area contributed by atoms with E-state index in [1.54, 1.807) is 7.11 Å². The Kier molecular flexibility index (Phi) is 4.50. The van der Waals surface area contributed by atoms with E-state index in [0.717, 1.165) is 18.2 Å². The number of halogens is 1. The van der Waals surface area contributed by atoms with Crippen molar-refractivity contribution < 1.29 is 4.74 Å². The number of hydrogen-bond acceptors (Lipinski definition) is 3. The van der Waals surface area contributed by atoms with Crippen molar-refractivity contribution in [3.05, 3.63) is 11.6 Å². The van der Waals surface area contributed by atoms with Gasteiger partial charge in [0.25, 0.3) is 0 Å². The van der Waals surface area contributed by atoms with Crippen LogP contribution in [-0.2, 0) is 22.2 Å². The molecule has 0 aliphatic rings. The highest BCUT2D eigenvalue weighted by molar-refractivity contribution is 9.08. The van der Waals surface area contributed by atoms with E-state index in [1.807, 2.05) is 13.8 Å². The van der Waals surface area contributed by atoms with Crippen LogP contribution in [0, 0.1) is 5.92 Å². The van der Waals surface area contributed by atoms with Gasteiger partial charge in [-0.05, 0) is 19.8 Å². The summed E-state index contributed by atoms with van der Waals surface area (Å²) < 4.78 is 7.61. The van der Waals surface area contributed by atoms with Crippen LogP contribution in [-0.4, -0.2) is 21.9 Å². The predicted octanol–water partition coefficient (Wildman–Crippen LogP) is 2.71. The highest BCUT2D eigenvalue weighted by atomic mass is 79.9. The first-order valence-electron chi connectivity index (χ1n) is 5.46. The Morgan fingerprint density at radius 1 is 1.38 bits per heavy atom. The number of rotatable bonds is 5. The Labute approximate surface area is 106 Å². The molecule has 0 unspecified atom stereocenters. The number of alkyl halides is 1. The maximum Gasteiger partial charge on any atom is 0.164 e. The van der Waals surface area contributed by atoms with Crippen LogP contribution in [0.15, 0.2) is 0 Å². The minimum atomic E-state index is -0.400. The molecule has 16 heavy (non-hydrogen) atoms. The van der Waals surface area contributed by atoms with E-state index in [4.69, 9.17) is 4.74 Å². The normalized spacial score (nSPS) is 12.4. The van der Waals surface area contributed by atoms with E-state index < -0.39 is 5.60 Å². The first kappa shape index (κ1) is 13.6. The number of methoxy groups -OCH3 is 1. The summed E-state index contributed by atoms with van der Waals surface area (Å²) in [5.74, 6) is 2.40. The van der Waals surface area contributed by atoms with Crippen molar-refractivity contribution in [2.75, 3.05) is 7.11 Å². The third-order valence-corrected chi connectivity index (χ3v) is 3.04. The molecule has 0 aliphatic carbocycles. The van der Waals surface area contributed by atoms with Crippen molar-refractivity contribution in [3.63, 3.8) is 0 Å². The Morgan fingerprint density at radius 3 is 2.44 bits per heavy atom. The van der Waals surface area contributed by atoms with Gasteiger partial charge in [-0.3, -0.25) is 0 Å². The van der Waals surface area contributed by atoms with Crippen LogP contribution in [0.3, 0.4) is 0 Å². The van der Waals surface area contributed by atoms with Gasteiger partial charge in [0, 0.05) is 13.7 Å². The standard InChI is InChI=1S/C11H20BrN3O/c1-8(2)7-15-9(6-12)13-14-10(15)11(3,4)16-5/h8H,6-7H2,1-5H3. The lowest BCUT2D eigenvalue weighted by atomic mass is 10.1. The highest BCUT2D eigenvalue weighted by Gasteiger charge is 2.28. The van der Waals surface area contributed by atoms with Crippen LogP contribution >= 0.6 is 15.9 Å². The maximum atomic E-state index is 5.47. The molecule has 0 aliphatic heterocycles. The number of hydrogen-bond donors (Lipinski definition) is 0. The zero-order valence-corrected chi connectivity index (χ0v) is 12.2. The smallest absolute Gasteiger partial charge is 0.164 e. The van der Waals surface area contributed by atoms with Crippen molar-refractivity contribution in [2.24, 2.45) is 5.92 Å². The fraction of sp³-hybridized carbons (Fsp3) is 0.818. The van der Waals surface area contributed by atoms with Gasteiger partial charge in [0.1, 0.15) is 11.4 Å². The van der Waals surface area contributed by atoms with Crippen LogP contribution in [0.4, 0.5) is 0 Å². The minimum absolute atomic E-state index is 0.400. The Bertz CT molecular complexity index is 347. The van der Waals surface area contributed by atoms with Crippen LogP contribution in [0.1, 0.15) is 39.3 Å². The van der Waals surface area contributed by atoms with E-state index in [9.17, 15) is 0 Å². The van der Waals surface area contributed by atoms with Crippen LogP contribution < -0.4 is 0 Å². The third kappa shape index (κ3) is 2.83. The molecule has 0 spiro atoms. The van der Waals surface area contributed by atoms with Crippen molar-refractivity contribution in [3.8, 4) is 0 Å². The molecular formula is C11H20BrN3O. The van der Waals surface area contributed by atoms with Gasteiger partial charge in [-0.15, -0.1) is 10.2 Å². The average molecular weight is 290 g/mol. The molecule has 1 heterocycles. The monoisotopic (exact) mass is 289 g/mol. The zero-order valence-electron chi connectivity index (χ0n) is 10.6. The van der Waals surface area contributed by atoms with Crippen molar-refractivity contribution in [1.82, 2.24) is 14.8 Å². The van der Waals surface area contributed by atoms with E-state index in [-0.39, 0.29) is 0 Å². The lowest BCUT2D eigenvalue weighted by Crippen LogP contribution is -2.26. The molecule has 0 atom stereocenters. The molecule has 1 rings (SSSR count). The fourth-order valence-corrected chi connectivity index (χ4v) is 1.94.